The van der Waals surface area contributed by atoms with Crippen molar-refractivity contribution in [1.29, 1.82) is 0 Å². The van der Waals surface area contributed by atoms with Crippen molar-refractivity contribution in [2.75, 3.05) is 51.3 Å². The van der Waals surface area contributed by atoms with Crippen LogP contribution in [0.3, 0.4) is 0 Å². The summed E-state index contributed by atoms with van der Waals surface area (Å²) >= 11 is 4.83. The number of carbonyl (C=O) groups is 1. The summed E-state index contributed by atoms with van der Waals surface area (Å²) in [5.41, 5.74) is 1.24. The van der Waals surface area contributed by atoms with Crippen molar-refractivity contribution in [2.45, 2.75) is 12.8 Å². The topological polar surface area (TPSA) is 77.9 Å². The maximum absolute atomic E-state index is 12.5. The van der Waals surface area contributed by atoms with E-state index in [1.807, 2.05) is 6.07 Å². The Bertz CT molecular complexity index is 1080. The standard InChI is InChI=1S/C23H27BrN4O3S/c1-31-19-9-8-17(24)21(29)20(19)22(30)25-10-4-5-11-27-12-14-28(15-13-27)23-16-6-2-3-7-18(16)26-32-23/h2-3,6-9,29H,4-5,10-15H2,1H3,(H,25,30). The minimum absolute atomic E-state index is 0.103. The van der Waals surface area contributed by atoms with Crippen molar-refractivity contribution in [2.24, 2.45) is 0 Å². The number of nitrogens with zero attached hydrogens (tertiary/aromatic N) is 3. The number of benzene rings is 2. The average molecular weight is 519 g/mol. The number of unbranched alkanes of at least 4 members (excludes halogenated alkanes) is 1. The number of anilines is 1. The fourth-order valence-electron chi connectivity index (χ4n) is 3.97. The number of hydrogen-bond acceptors (Lipinski definition) is 7. The molecular formula is C23H27BrN4O3S. The van der Waals surface area contributed by atoms with E-state index in [2.05, 4.69) is 53.6 Å². The van der Waals surface area contributed by atoms with E-state index in [1.54, 1.807) is 23.7 Å². The number of rotatable bonds is 8. The Kier molecular flexibility index (Phi) is 7.49. The van der Waals surface area contributed by atoms with Gasteiger partial charge in [-0.3, -0.25) is 9.69 Å². The fraction of sp³-hybridized carbons (Fsp3) is 0.391. The second-order valence-electron chi connectivity index (χ2n) is 7.77. The summed E-state index contributed by atoms with van der Waals surface area (Å²) in [6.07, 6.45) is 1.88. The Balaban J connectivity index is 1.19. The highest BCUT2D eigenvalue weighted by molar-refractivity contribution is 9.10. The summed E-state index contributed by atoms with van der Waals surface area (Å²) in [4.78, 5) is 17.4. The van der Waals surface area contributed by atoms with Crippen molar-refractivity contribution in [3.8, 4) is 11.5 Å². The molecule has 0 saturated carbocycles. The average Bonchev–Trinajstić information content (AvgIpc) is 3.25. The van der Waals surface area contributed by atoms with E-state index in [9.17, 15) is 9.90 Å². The number of hydrogen-bond donors (Lipinski definition) is 2. The van der Waals surface area contributed by atoms with E-state index >= 15 is 0 Å². The summed E-state index contributed by atoms with van der Waals surface area (Å²) in [6.45, 7) is 5.64. The number of phenolic OH excluding ortho intramolecular Hbond substituents is 1. The van der Waals surface area contributed by atoms with Crippen molar-refractivity contribution in [1.82, 2.24) is 14.6 Å². The predicted molar refractivity (Wildman–Crippen MR) is 132 cm³/mol. The first-order valence-electron chi connectivity index (χ1n) is 10.7. The number of ether oxygens (including phenoxy) is 1. The first-order valence-corrected chi connectivity index (χ1v) is 12.3. The molecule has 0 aliphatic carbocycles. The number of aromatic nitrogens is 1. The largest absolute Gasteiger partial charge is 0.506 e. The van der Waals surface area contributed by atoms with Gasteiger partial charge < -0.3 is 20.1 Å². The number of aromatic hydroxyl groups is 1. The maximum Gasteiger partial charge on any atom is 0.258 e. The van der Waals surface area contributed by atoms with Crippen LogP contribution in [-0.4, -0.2) is 66.7 Å². The van der Waals surface area contributed by atoms with Crippen molar-refractivity contribution in [3.05, 3.63) is 46.4 Å². The summed E-state index contributed by atoms with van der Waals surface area (Å²) in [6, 6.07) is 11.6. The zero-order chi connectivity index (χ0) is 22.5. The molecule has 1 amide bonds. The van der Waals surface area contributed by atoms with E-state index in [0.717, 1.165) is 51.1 Å². The molecule has 0 atom stereocenters. The fourth-order valence-corrected chi connectivity index (χ4v) is 5.21. The quantitative estimate of drug-likeness (QED) is 0.437. The van der Waals surface area contributed by atoms with Gasteiger partial charge in [-0.2, -0.15) is 4.37 Å². The molecule has 1 aliphatic rings. The molecule has 4 rings (SSSR count). The van der Waals surface area contributed by atoms with E-state index in [0.29, 0.717) is 16.8 Å². The monoisotopic (exact) mass is 518 g/mol. The van der Waals surface area contributed by atoms with Gasteiger partial charge in [0.25, 0.3) is 5.91 Å². The number of nitrogens with one attached hydrogen (secondary N) is 1. The molecule has 32 heavy (non-hydrogen) atoms. The van der Waals surface area contributed by atoms with Gasteiger partial charge in [-0.25, -0.2) is 0 Å². The zero-order valence-electron chi connectivity index (χ0n) is 18.0. The Labute approximate surface area is 200 Å². The van der Waals surface area contributed by atoms with Gasteiger partial charge in [0.05, 0.1) is 17.1 Å². The van der Waals surface area contributed by atoms with Crippen molar-refractivity contribution in [3.63, 3.8) is 0 Å². The number of piperazine rings is 1. The Morgan fingerprint density at radius 3 is 2.75 bits per heavy atom. The third-order valence-corrected chi connectivity index (χ3v) is 7.33. The highest BCUT2D eigenvalue weighted by atomic mass is 79.9. The molecular weight excluding hydrogens is 492 g/mol. The molecule has 0 radical (unpaired) electrons. The minimum atomic E-state index is -0.328. The maximum atomic E-state index is 12.5. The number of amides is 1. The Morgan fingerprint density at radius 2 is 1.97 bits per heavy atom. The summed E-state index contributed by atoms with van der Waals surface area (Å²) in [5, 5.41) is 15.6. The van der Waals surface area contributed by atoms with Gasteiger partial charge in [0.2, 0.25) is 0 Å². The van der Waals surface area contributed by atoms with Crippen LogP contribution in [0.1, 0.15) is 23.2 Å². The molecule has 1 fully saturated rings. The Morgan fingerprint density at radius 1 is 1.19 bits per heavy atom. The third-order valence-electron chi connectivity index (χ3n) is 5.75. The van der Waals surface area contributed by atoms with E-state index in [4.69, 9.17) is 4.74 Å². The number of halogens is 1. The minimum Gasteiger partial charge on any atom is -0.506 e. The van der Waals surface area contributed by atoms with Gasteiger partial charge in [0, 0.05) is 38.1 Å². The molecule has 0 unspecified atom stereocenters. The lowest BCUT2D eigenvalue weighted by molar-refractivity contribution is 0.0946. The van der Waals surface area contributed by atoms with Crippen LogP contribution >= 0.6 is 27.5 Å². The normalized spacial score (nSPS) is 14.6. The molecule has 2 N–H and O–H groups in total. The molecule has 7 nitrogen and oxygen atoms in total. The van der Waals surface area contributed by atoms with Crippen LogP contribution in [0, 0.1) is 0 Å². The van der Waals surface area contributed by atoms with Gasteiger partial charge in [0.15, 0.2) is 0 Å². The molecule has 170 valence electrons. The number of methoxy groups -OCH3 is 1. The van der Waals surface area contributed by atoms with Gasteiger partial charge in [0.1, 0.15) is 22.1 Å². The SMILES string of the molecule is COc1ccc(Br)c(O)c1C(=O)NCCCCN1CCN(c2snc3ccccc23)CC1. The van der Waals surface area contributed by atoms with E-state index in [1.165, 1.54) is 17.5 Å². The van der Waals surface area contributed by atoms with Crippen LogP contribution in [0.4, 0.5) is 5.00 Å². The first kappa shape index (κ1) is 22.8. The van der Waals surface area contributed by atoms with Crippen LogP contribution in [0.25, 0.3) is 10.9 Å². The highest BCUT2D eigenvalue weighted by Gasteiger charge is 2.21. The third kappa shape index (κ3) is 5.00. The van der Waals surface area contributed by atoms with Crippen molar-refractivity contribution < 1.29 is 14.6 Å². The van der Waals surface area contributed by atoms with Crippen LogP contribution < -0.4 is 15.0 Å². The predicted octanol–water partition coefficient (Wildman–Crippen LogP) is 4.11. The molecule has 2 heterocycles. The second-order valence-corrected chi connectivity index (χ2v) is 9.38. The summed E-state index contributed by atoms with van der Waals surface area (Å²) in [7, 11) is 1.48. The molecule has 1 aliphatic heterocycles. The number of fused-ring (bicyclic) bond motifs is 1. The van der Waals surface area contributed by atoms with E-state index in [-0.39, 0.29) is 17.2 Å². The molecule has 2 aromatic carbocycles. The molecule has 0 spiro atoms. The lowest BCUT2D eigenvalue weighted by Gasteiger charge is -2.35. The summed E-state index contributed by atoms with van der Waals surface area (Å²) < 4.78 is 10.2. The zero-order valence-corrected chi connectivity index (χ0v) is 20.4. The first-order chi connectivity index (χ1) is 15.6. The number of carbonyl (C=O) groups excluding carboxylic acids is 1. The molecule has 1 saturated heterocycles. The van der Waals surface area contributed by atoms with E-state index < -0.39 is 0 Å². The van der Waals surface area contributed by atoms with Crippen LogP contribution in [0.5, 0.6) is 11.5 Å². The molecule has 9 heteroatoms. The van der Waals surface area contributed by atoms with Gasteiger partial charge in [-0.05, 0) is 71.1 Å². The van der Waals surface area contributed by atoms with Crippen LogP contribution in [0.2, 0.25) is 0 Å². The van der Waals surface area contributed by atoms with Crippen LogP contribution in [0.15, 0.2) is 40.9 Å². The number of phenols is 1. The van der Waals surface area contributed by atoms with Crippen molar-refractivity contribution >= 4 is 49.3 Å². The van der Waals surface area contributed by atoms with Gasteiger partial charge >= 0.3 is 0 Å². The molecule has 0 bridgehead atoms. The molecule has 1 aromatic heterocycles. The lowest BCUT2D eigenvalue weighted by Crippen LogP contribution is -2.46. The van der Waals surface area contributed by atoms with Gasteiger partial charge in [-0.1, -0.05) is 12.1 Å². The van der Waals surface area contributed by atoms with Crippen LogP contribution in [-0.2, 0) is 0 Å². The summed E-state index contributed by atoms with van der Waals surface area (Å²) in [5.74, 6) is -0.0747. The van der Waals surface area contributed by atoms with Gasteiger partial charge in [-0.15, -0.1) is 0 Å². The highest BCUT2D eigenvalue weighted by Crippen LogP contribution is 2.34. The Hall–Kier alpha value is -2.36. The second kappa shape index (κ2) is 10.5. The smallest absolute Gasteiger partial charge is 0.258 e. The molecule has 3 aromatic rings. The lowest BCUT2D eigenvalue weighted by atomic mass is 10.1.